The summed E-state index contributed by atoms with van der Waals surface area (Å²) in [6.45, 7) is 11.2. The van der Waals surface area contributed by atoms with Gasteiger partial charge in [0.2, 0.25) is 41.4 Å². The van der Waals surface area contributed by atoms with Gasteiger partial charge in [-0.3, -0.25) is 43.3 Å². The summed E-state index contributed by atoms with van der Waals surface area (Å²) in [5.41, 5.74) is 12.5. The number of guanidine groups is 1. The molecule has 7 amide bonds. The van der Waals surface area contributed by atoms with Crippen LogP contribution in [0.4, 0.5) is 0 Å². The van der Waals surface area contributed by atoms with E-state index in [1.54, 1.807) is 26.8 Å². The van der Waals surface area contributed by atoms with Crippen molar-refractivity contribution in [2.45, 2.75) is 142 Å². The van der Waals surface area contributed by atoms with Crippen molar-refractivity contribution in [3.8, 4) is 0 Å². The molecule has 1 aromatic carbocycles. The van der Waals surface area contributed by atoms with Crippen LogP contribution in [0.1, 0.15) is 93.1 Å². The molecule has 11 atom stereocenters. The second-order valence-electron chi connectivity index (χ2n) is 19.0. The van der Waals surface area contributed by atoms with Crippen LogP contribution in [0.2, 0.25) is 0 Å². The van der Waals surface area contributed by atoms with Gasteiger partial charge in [0.15, 0.2) is 5.96 Å². The number of nitrogens with zero attached hydrogens (tertiary/aromatic N) is 2. The number of carbonyl (C=O) groups excluding carboxylic acids is 8. The molecule has 0 bridgehead atoms. The van der Waals surface area contributed by atoms with Crippen LogP contribution in [0.25, 0.3) is 0 Å². The van der Waals surface area contributed by atoms with Gasteiger partial charge in [-0.15, -0.1) is 0 Å². The number of hydrogen-bond acceptors (Lipinski definition) is 13. The predicted molar refractivity (Wildman–Crippen MR) is 271 cm³/mol. The lowest BCUT2D eigenvalue weighted by molar-refractivity contribution is -0.148. The molecule has 13 N–H and O–H groups in total. The third-order valence-electron chi connectivity index (χ3n) is 12.3. The van der Waals surface area contributed by atoms with Crippen molar-refractivity contribution >= 4 is 65.2 Å². The largest absolute Gasteiger partial charge is 0.480 e. The molecular formula is C50H76N10O14. The van der Waals surface area contributed by atoms with Gasteiger partial charge in [0.05, 0.1) is 24.5 Å². The number of benzene rings is 1. The maximum absolute atomic E-state index is 14.4. The average molecular weight is 1040 g/mol. The Morgan fingerprint density at radius 3 is 1.97 bits per heavy atom. The molecule has 1 heterocycles. The second-order valence-corrected chi connectivity index (χ2v) is 19.0. The van der Waals surface area contributed by atoms with E-state index in [4.69, 9.17) is 16.2 Å². The smallest absolute Gasteiger partial charge is 0.327 e. The minimum absolute atomic E-state index is 0.00491. The molecular weight excluding hydrogens is 965 g/mol. The molecule has 0 aliphatic carbocycles. The van der Waals surface area contributed by atoms with E-state index in [1.807, 2.05) is 43.3 Å². The van der Waals surface area contributed by atoms with Crippen molar-refractivity contribution in [1.29, 1.82) is 0 Å². The van der Waals surface area contributed by atoms with Crippen molar-refractivity contribution in [3.05, 3.63) is 59.7 Å². The van der Waals surface area contributed by atoms with Crippen LogP contribution in [-0.4, -0.2) is 154 Å². The summed E-state index contributed by atoms with van der Waals surface area (Å²) in [5, 5.41) is 45.6. The van der Waals surface area contributed by atoms with Crippen LogP contribution in [0.15, 0.2) is 59.1 Å². The molecule has 1 saturated heterocycles. The number of allylic oxidation sites excluding steroid dienone is 2. The highest BCUT2D eigenvalue weighted by Crippen LogP contribution is 2.20. The monoisotopic (exact) mass is 1040 g/mol. The van der Waals surface area contributed by atoms with Crippen molar-refractivity contribution < 1.29 is 68.0 Å². The van der Waals surface area contributed by atoms with Crippen LogP contribution < -0.4 is 43.4 Å². The fourth-order valence-corrected chi connectivity index (χ4v) is 7.81. The van der Waals surface area contributed by atoms with Gasteiger partial charge >= 0.3 is 17.9 Å². The Kier molecular flexibility index (Phi) is 26.0. The van der Waals surface area contributed by atoms with E-state index in [-0.39, 0.29) is 43.6 Å². The van der Waals surface area contributed by atoms with Crippen LogP contribution in [0.3, 0.4) is 0 Å². The number of aliphatic imine (C=N–C) groups is 1. The van der Waals surface area contributed by atoms with Gasteiger partial charge in [-0.2, -0.15) is 0 Å². The molecule has 0 radical (unpaired) electrons. The average Bonchev–Trinajstić information content (AvgIpc) is 3.32. The first-order valence-corrected chi connectivity index (χ1v) is 24.4. The molecule has 410 valence electrons. The van der Waals surface area contributed by atoms with Gasteiger partial charge in [0, 0.05) is 39.3 Å². The van der Waals surface area contributed by atoms with Crippen LogP contribution in [0, 0.1) is 23.7 Å². The van der Waals surface area contributed by atoms with E-state index >= 15 is 0 Å². The highest BCUT2D eigenvalue weighted by Gasteiger charge is 2.38. The Labute approximate surface area is 431 Å². The molecule has 1 fully saturated rings. The van der Waals surface area contributed by atoms with Crippen LogP contribution in [-0.2, 0) is 59.1 Å². The summed E-state index contributed by atoms with van der Waals surface area (Å²) >= 11 is 0. The number of hydrogen-bond donors (Lipinski definition) is 11. The molecule has 1 aromatic rings. The number of ether oxygens (including phenoxy) is 1. The van der Waals surface area contributed by atoms with Crippen molar-refractivity contribution in [3.63, 3.8) is 0 Å². The summed E-state index contributed by atoms with van der Waals surface area (Å²) in [6, 6.07) is -1.31. The molecule has 0 unspecified atom stereocenters. The summed E-state index contributed by atoms with van der Waals surface area (Å²) in [6.07, 6.45) is 3.53. The first-order chi connectivity index (χ1) is 34.7. The van der Waals surface area contributed by atoms with Gasteiger partial charge in [0.25, 0.3) is 0 Å². The van der Waals surface area contributed by atoms with Gasteiger partial charge in [-0.25, -0.2) is 9.59 Å². The van der Waals surface area contributed by atoms with Crippen LogP contribution in [0.5, 0.6) is 0 Å². The second kappa shape index (κ2) is 30.6. The minimum atomic E-state index is -1.92. The summed E-state index contributed by atoms with van der Waals surface area (Å²) in [7, 11) is 1.17. The highest BCUT2D eigenvalue weighted by atomic mass is 16.5. The minimum Gasteiger partial charge on any atom is -0.480 e. The normalized spacial score (nSPS) is 25.7. The molecule has 0 spiro atoms. The van der Waals surface area contributed by atoms with Crippen molar-refractivity contribution in [2.75, 3.05) is 20.2 Å². The number of carboxylic acid groups (broad SMARTS) is 2. The third-order valence-corrected chi connectivity index (χ3v) is 12.3. The number of nitrogens with one attached hydrogen (secondary N) is 6. The number of carbonyl (C=O) groups is 10. The van der Waals surface area contributed by atoms with E-state index in [0.29, 0.717) is 12.0 Å². The molecule has 1 aliphatic heterocycles. The first-order valence-electron chi connectivity index (χ1n) is 24.4. The summed E-state index contributed by atoms with van der Waals surface area (Å²) in [5.74, 6) is -13.9. The zero-order valence-electron chi connectivity index (χ0n) is 43.6. The Bertz CT molecular complexity index is 2230. The first kappa shape index (κ1) is 62.7. The number of esters is 1. The predicted octanol–water partition coefficient (Wildman–Crippen LogP) is -0.618. The van der Waals surface area contributed by atoms with E-state index in [1.165, 1.54) is 40.8 Å². The van der Waals surface area contributed by atoms with Gasteiger partial charge < -0.3 is 68.3 Å². The number of nitrogens with two attached hydrogens (primary N) is 2. The Hall–Kier alpha value is -7.37. The topological polar surface area (TPSA) is 380 Å². The zero-order valence-corrected chi connectivity index (χ0v) is 43.6. The Morgan fingerprint density at radius 1 is 0.797 bits per heavy atom. The number of likely N-dealkylation sites (N-methyl/N-ethyl adjacent to an activating group) is 1. The lowest BCUT2D eigenvalue weighted by atomic mass is 9.94. The number of rotatable bonds is 16. The molecule has 1 aliphatic rings. The van der Waals surface area contributed by atoms with Crippen molar-refractivity contribution in [1.82, 2.24) is 36.8 Å². The Balaban J connectivity index is 2.78. The van der Waals surface area contributed by atoms with E-state index < -0.39 is 139 Å². The molecule has 0 saturated carbocycles. The molecule has 0 aromatic heterocycles. The fourth-order valence-electron chi connectivity index (χ4n) is 7.81. The number of carboxylic acids is 2. The molecule has 24 nitrogen and oxygen atoms in total. The number of amides is 7. The summed E-state index contributed by atoms with van der Waals surface area (Å²) < 4.78 is 5.67. The lowest BCUT2D eigenvalue weighted by Crippen LogP contribution is -2.59. The van der Waals surface area contributed by atoms with Gasteiger partial charge in [-0.05, 0) is 51.0 Å². The maximum atomic E-state index is 14.4. The maximum Gasteiger partial charge on any atom is 0.327 e. The van der Waals surface area contributed by atoms with Crippen molar-refractivity contribution in [2.24, 2.45) is 40.1 Å². The third kappa shape index (κ3) is 21.0. The molecule has 2 rings (SSSR count). The van der Waals surface area contributed by atoms with Crippen LogP contribution >= 0.6 is 0 Å². The quantitative estimate of drug-likeness (QED) is 0.0323. The standard InChI is InChI=1S/C50H76N10O14/c1-26(2)22-37-46(68)59-41(49(72)73)30(6)43(65)56-35(16-13-21-53-50(51)52)45(67)55-34(18-17-27(3)23-28(4)39(74-32(8)62)24-33-14-11-10-12-15-33)29(5)42(64)57-36(48(70)71)19-20-40(63)60(9)38(25-61)47(69)54-31(7)44(66)58-37/h10-12,14-15,17-18,23,26,28-31,34-39,41,61H,13,16,19-22,24-25H2,1-9H3,(H,54,69)(H,55,67)(H,56,65)(H,57,64)(H,58,66)(H,59,68)(H,70,71)(H,72,73)(H4,51,52,53)/b18-17+,27-23+/t28-,29-,30-,31+,34-,35-,36+,37-,38-,39-,41+/m0/s1. The number of aliphatic hydroxyl groups excluding tert-OH is 1. The lowest BCUT2D eigenvalue weighted by Gasteiger charge is -2.29. The van der Waals surface area contributed by atoms with E-state index in [2.05, 4.69) is 36.9 Å². The number of aliphatic carboxylic acids is 2. The van der Waals surface area contributed by atoms with E-state index in [0.717, 1.165) is 10.5 Å². The number of aliphatic hydroxyl groups is 1. The highest BCUT2D eigenvalue weighted by molar-refractivity contribution is 5.97. The zero-order chi connectivity index (χ0) is 56.0. The van der Waals surface area contributed by atoms with Gasteiger partial charge in [-0.1, -0.05) is 88.8 Å². The molecule has 24 heteroatoms. The SMILES string of the molecule is CC(=O)O[C@@H](Cc1ccccc1)[C@@H](C)/C=C(C)/C=C/[C@@H]1NC(=O)[C@H](CCCN=C(N)N)NC(=O)[C@@H](C)[C@H](C(=O)O)NC(=O)[C@H](CC(C)C)NC(=O)[C@@H](C)NC(=O)[C@H](CO)N(C)C(=O)CC[C@H](C(=O)O)NC(=O)[C@H]1C. The molecule has 74 heavy (non-hydrogen) atoms. The van der Waals surface area contributed by atoms with E-state index in [9.17, 15) is 63.3 Å². The Morgan fingerprint density at radius 2 is 1.41 bits per heavy atom. The van der Waals surface area contributed by atoms with Gasteiger partial charge in [0.1, 0.15) is 42.4 Å². The summed E-state index contributed by atoms with van der Waals surface area (Å²) in [4.78, 5) is 139. The fraction of sp³-hybridized carbons (Fsp3) is 0.580.